The lowest BCUT2D eigenvalue weighted by Gasteiger charge is -2.36. The number of alkyl halides is 3. The van der Waals surface area contributed by atoms with Gasteiger partial charge in [0.05, 0.1) is 22.6 Å². The van der Waals surface area contributed by atoms with Crippen molar-refractivity contribution in [1.82, 2.24) is 14.7 Å². The van der Waals surface area contributed by atoms with Gasteiger partial charge < -0.3 is 4.90 Å². The van der Waals surface area contributed by atoms with Crippen LogP contribution in [-0.2, 0) is 19.0 Å². The molecule has 0 atom stereocenters. The third-order valence-corrected chi connectivity index (χ3v) is 6.53. The van der Waals surface area contributed by atoms with Crippen LogP contribution in [0.4, 0.5) is 23.2 Å². The fourth-order valence-corrected chi connectivity index (χ4v) is 4.55. The van der Waals surface area contributed by atoms with Gasteiger partial charge in [0.1, 0.15) is 5.82 Å². The molecule has 3 aromatic rings. The number of benzene rings is 2. The van der Waals surface area contributed by atoms with E-state index in [1.165, 1.54) is 18.2 Å². The highest BCUT2D eigenvalue weighted by atomic mass is 19.4. The van der Waals surface area contributed by atoms with Gasteiger partial charge in [-0.3, -0.25) is 4.90 Å². The van der Waals surface area contributed by atoms with Gasteiger partial charge in [-0.2, -0.15) is 18.3 Å². The molecule has 8 heteroatoms. The number of aryl methyl sites for hydroxylation is 2. The maximum atomic E-state index is 14.1. The van der Waals surface area contributed by atoms with E-state index in [1.54, 1.807) is 10.7 Å². The van der Waals surface area contributed by atoms with Crippen LogP contribution in [0.5, 0.6) is 0 Å². The van der Waals surface area contributed by atoms with Crippen molar-refractivity contribution >= 4 is 5.69 Å². The second kappa shape index (κ2) is 11.2. The summed E-state index contributed by atoms with van der Waals surface area (Å²) in [6.45, 7) is 6.34. The highest BCUT2D eigenvalue weighted by Gasteiger charge is 2.30. The molecule has 1 saturated heterocycles. The van der Waals surface area contributed by atoms with Crippen molar-refractivity contribution in [2.75, 3.05) is 37.6 Å². The van der Waals surface area contributed by atoms with Crippen LogP contribution < -0.4 is 4.90 Å². The maximum Gasteiger partial charge on any atom is 0.416 e. The molecule has 35 heavy (non-hydrogen) atoms. The van der Waals surface area contributed by atoms with E-state index in [1.807, 2.05) is 12.1 Å². The Labute approximate surface area is 204 Å². The Balaban J connectivity index is 1.37. The topological polar surface area (TPSA) is 24.3 Å². The van der Waals surface area contributed by atoms with E-state index in [-0.39, 0.29) is 5.82 Å². The van der Waals surface area contributed by atoms with E-state index in [2.05, 4.69) is 22.8 Å². The molecule has 0 bridgehead atoms. The van der Waals surface area contributed by atoms with Crippen molar-refractivity contribution in [3.8, 4) is 5.69 Å². The Morgan fingerprint density at radius 2 is 1.60 bits per heavy atom. The van der Waals surface area contributed by atoms with Crippen molar-refractivity contribution in [3.05, 3.63) is 77.4 Å². The summed E-state index contributed by atoms with van der Waals surface area (Å²) in [6.07, 6.45) is 0.285. The summed E-state index contributed by atoms with van der Waals surface area (Å²) in [5, 5.41) is 4.71. The quantitative estimate of drug-likeness (QED) is 0.339. The van der Waals surface area contributed by atoms with Gasteiger partial charge >= 0.3 is 6.18 Å². The molecule has 4 rings (SSSR count). The van der Waals surface area contributed by atoms with E-state index in [0.29, 0.717) is 11.4 Å². The molecule has 0 radical (unpaired) electrons. The van der Waals surface area contributed by atoms with Crippen LogP contribution in [0.15, 0.2) is 54.6 Å². The lowest BCUT2D eigenvalue weighted by Crippen LogP contribution is -2.47. The molecular weight excluding hydrogens is 456 g/mol. The Morgan fingerprint density at radius 3 is 2.26 bits per heavy atom. The number of aromatic nitrogens is 2. The van der Waals surface area contributed by atoms with Gasteiger partial charge in [-0.15, -0.1) is 0 Å². The van der Waals surface area contributed by atoms with Crippen molar-refractivity contribution in [2.24, 2.45) is 0 Å². The molecule has 0 spiro atoms. The second-order valence-corrected chi connectivity index (χ2v) is 9.07. The van der Waals surface area contributed by atoms with Gasteiger partial charge in [0.15, 0.2) is 0 Å². The summed E-state index contributed by atoms with van der Waals surface area (Å²) in [5.74, 6) is -0.184. The summed E-state index contributed by atoms with van der Waals surface area (Å²) in [6, 6.07) is 14.2. The first-order chi connectivity index (χ1) is 16.8. The Hall–Kier alpha value is -2.87. The largest absolute Gasteiger partial charge is 0.416 e. The molecule has 1 aromatic heterocycles. The van der Waals surface area contributed by atoms with Crippen LogP contribution >= 0.6 is 0 Å². The van der Waals surface area contributed by atoms with Gasteiger partial charge in [0.2, 0.25) is 0 Å². The molecule has 0 N–H and O–H groups in total. The van der Waals surface area contributed by atoms with Crippen molar-refractivity contribution in [3.63, 3.8) is 0 Å². The van der Waals surface area contributed by atoms with Crippen LogP contribution in [0.2, 0.25) is 0 Å². The van der Waals surface area contributed by atoms with Crippen LogP contribution in [0.25, 0.3) is 5.69 Å². The maximum absolute atomic E-state index is 14.1. The summed E-state index contributed by atoms with van der Waals surface area (Å²) in [4.78, 5) is 4.47. The average molecular weight is 489 g/mol. The van der Waals surface area contributed by atoms with E-state index >= 15 is 0 Å². The predicted molar refractivity (Wildman–Crippen MR) is 131 cm³/mol. The minimum Gasteiger partial charge on any atom is -0.367 e. The summed E-state index contributed by atoms with van der Waals surface area (Å²) in [7, 11) is 0. The Bertz CT molecular complexity index is 1080. The predicted octanol–water partition coefficient (Wildman–Crippen LogP) is 6.13. The monoisotopic (exact) mass is 488 g/mol. The standard InChI is InChI=1S/C27H32F4N4/c1-2-3-7-22-20-24(35(32-22)23-13-11-21(12-14-23)27(29,30)31)8-6-15-33-16-18-34(19-17-33)26-10-5-4-9-25(26)28/h4-5,9-14,20H,2-3,6-8,15-19H2,1H3. The highest BCUT2D eigenvalue weighted by Crippen LogP contribution is 2.30. The molecule has 0 saturated carbocycles. The molecule has 1 aliphatic rings. The lowest BCUT2D eigenvalue weighted by atomic mass is 10.1. The first-order valence-corrected chi connectivity index (χ1v) is 12.3. The van der Waals surface area contributed by atoms with Gasteiger partial charge in [0.25, 0.3) is 0 Å². The van der Waals surface area contributed by atoms with E-state index in [4.69, 9.17) is 5.10 Å². The fourth-order valence-electron chi connectivity index (χ4n) is 4.55. The lowest BCUT2D eigenvalue weighted by molar-refractivity contribution is -0.137. The van der Waals surface area contributed by atoms with E-state index < -0.39 is 11.7 Å². The van der Waals surface area contributed by atoms with Gasteiger partial charge in [0, 0.05) is 31.9 Å². The van der Waals surface area contributed by atoms with E-state index in [0.717, 1.165) is 88.3 Å². The zero-order chi connectivity index (χ0) is 24.8. The number of hydrogen-bond acceptors (Lipinski definition) is 3. The smallest absolute Gasteiger partial charge is 0.367 e. The van der Waals surface area contributed by atoms with Crippen LogP contribution in [0.3, 0.4) is 0 Å². The number of rotatable bonds is 9. The third-order valence-electron chi connectivity index (χ3n) is 6.53. The second-order valence-electron chi connectivity index (χ2n) is 9.07. The number of para-hydroxylation sites is 1. The van der Waals surface area contributed by atoms with Crippen LogP contribution in [0, 0.1) is 5.82 Å². The Kier molecular flexibility index (Phi) is 8.11. The van der Waals surface area contributed by atoms with Crippen molar-refractivity contribution in [1.29, 1.82) is 0 Å². The zero-order valence-electron chi connectivity index (χ0n) is 20.1. The normalized spacial score (nSPS) is 15.1. The number of anilines is 1. The molecule has 1 fully saturated rings. The SMILES string of the molecule is CCCCc1cc(CCCN2CCN(c3ccccc3F)CC2)n(-c2ccc(C(F)(F)F)cc2)n1. The molecule has 2 heterocycles. The fraction of sp³-hybridized carbons (Fsp3) is 0.444. The molecule has 2 aromatic carbocycles. The molecule has 188 valence electrons. The summed E-state index contributed by atoms with van der Waals surface area (Å²) in [5.41, 5.74) is 2.64. The summed E-state index contributed by atoms with van der Waals surface area (Å²) < 4.78 is 54.8. The molecule has 1 aliphatic heterocycles. The van der Waals surface area contributed by atoms with Gasteiger partial charge in [-0.1, -0.05) is 25.5 Å². The first-order valence-electron chi connectivity index (χ1n) is 12.3. The number of nitrogens with zero attached hydrogens (tertiary/aromatic N) is 4. The number of piperazine rings is 1. The number of hydrogen-bond donors (Lipinski definition) is 0. The van der Waals surface area contributed by atoms with E-state index in [9.17, 15) is 17.6 Å². The summed E-state index contributed by atoms with van der Waals surface area (Å²) >= 11 is 0. The van der Waals surface area contributed by atoms with Gasteiger partial charge in [-0.05, 0) is 74.7 Å². The number of unbranched alkanes of at least 4 members (excludes halogenated alkanes) is 1. The molecular formula is C27H32F4N4. The van der Waals surface area contributed by atoms with Gasteiger partial charge in [-0.25, -0.2) is 9.07 Å². The molecule has 4 nitrogen and oxygen atoms in total. The van der Waals surface area contributed by atoms with Crippen LogP contribution in [0.1, 0.15) is 43.1 Å². The Morgan fingerprint density at radius 1 is 0.886 bits per heavy atom. The van der Waals surface area contributed by atoms with Crippen molar-refractivity contribution in [2.45, 2.75) is 45.2 Å². The molecule has 0 amide bonds. The molecule has 0 unspecified atom stereocenters. The van der Waals surface area contributed by atoms with Crippen LogP contribution in [-0.4, -0.2) is 47.4 Å². The third kappa shape index (κ3) is 6.42. The minimum atomic E-state index is -4.35. The molecule has 0 aliphatic carbocycles. The average Bonchev–Trinajstić information content (AvgIpc) is 3.26. The first kappa shape index (κ1) is 25.2. The minimum absolute atomic E-state index is 0.184. The highest BCUT2D eigenvalue weighted by molar-refractivity contribution is 5.48. The zero-order valence-corrected chi connectivity index (χ0v) is 20.1. The van der Waals surface area contributed by atoms with Crippen molar-refractivity contribution < 1.29 is 17.6 Å². The number of halogens is 4.